The summed E-state index contributed by atoms with van der Waals surface area (Å²) in [6.45, 7) is 10.2. The molecule has 3 fully saturated rings. The summed E-state index contributed by atoms with van der Waals surface area (Å²) in [5.41, 5.74) is 2.91. The van der Waals surface area contributed by atoms with Gasteiger partial charge in [0, 0.05) is 44.8 Å². The Labute approximate surface area is 264 Å². The van der Waals surface area contributed by atoms with Gasteiger partial charge in [0.15, 0.2) is 0 Å². The van der Waals surface area contributed by atoms with Crippen molar-refractivity contribution in [1.29, 1.82) is 0 Å². The summed E-state index contributed by atoms with van der Waals surface area (Å²) in [4.78, 5) is 68.3. The number of hydrogen-bond acceptors (Lipinski definition) is 8. The Balaban J connectivity index is 0.981. The van der Waals surface area contributed by atoms with Crippen molar-refractivity contribution in [3.8, 4) is 0 Å². The van der Waals surface area contributed by atoms with Crippen LogP contribution in [0.3, 0.4) is 0 Å². The normalized spacial score (nSPS) is 24.5. The summed E-state index contributed by atoms with van der Waals surface area (Å²) in [5.74, 6) is -1.03. The maximum absolute atomic E-state index is 13.2. The Bertz CT molecular complexity index is 1500. The van der Waals surface area contributed by atoms with Crippen molar-refractivity contribution < 1.29 is 28.7 Å². The molecular weight excluding hydrogens is 572 g/mol. The average Bonchev–Trinajstić information content (AvgIpc) is 3.26. The van der Waals surface area contributed by atoms with Crippen molar-refractivity contribution in [2.45, 2.75) is 76.9 Å². The van der Waals surface area contributed by atoms with Crippen LogP contribution in [0.1, 0.15) is 102 Å². The predicted molar refractivity (Wildman–Crippen MR) is 168 cm³/mol. The van der Waals surface area contributed by atoms with E-state index in [1.54, 1.807) is 12.1 Å². The number of esters is 1. The predicted octanol–water partition coefficient (Wildman–Crippen LogP) is 4.14. The van der Waals surface area contributed by atoms with Gasteiger partial charge in [-0.1, -0.05) is 12.1 Å². The molecule has 10 nitrogen and oxygen atoms in total. The quantitative estimate of drug-likeness (QED) is 0.381. The van der Waals surface area contributed by atoms with Gasteiger partial charge >= 0.3 is 5.97 Å². The molecule has 3 aliphatic heterocycles. The summed E-state index contributed by atoms with van der Waals surface area (Å²) in [5, 5.41) is 2.24. The van der Waals surface area contributed by atoms with E-state index in [2.05, 4.69) is 27.2 Å². The van der Waals surface area contributed by atoms with Crippen molar-refractivity contribution in [1.82, 2.24) is 15.1 Å². The van der Waals surface area contributed by atoms with Crippen LogP contribution in [0.25, 0.3) is 0 Å². The first-order valence-corrected chi connectivity index (χ1v) is 16.1. The zero-order valence-electron chi connectivity index (χ0n) is 26.3. The van der Waals surface area contributed by atoms with Crippen LogP contribution in [0, 0.1) is 5.92 Å². The molecule has 0 bridgehead atoms. The Hall–Kier alpha value is -4.05. The molecule has 0 aromatic heterocycles. The lowest BCUT2D eigenvalue weighted by Crippen LogP contribution is -2.54. The highest BCUT2D eigenvalue weighted by molar-refractivity contribution is 6.23. The third-order valence-corrected chi connectivity index (χ3v) is 9.54. The minimum absolute atomic E-state index is 0.103. The molecule has 3 heterocycles. The number of rotatable bonds is 6. The Morgan fingerprint density at radius 1 is 0.844 bits per heavy atom. The van der Waals surface area contributed by atoms with E-state index in [0.29, 0.717) is 28.5 Å². The van der Waals surface area contributed by atoms with Crippen LogP contribution in [0.5, 0.6) is 0 Å². The van der Waals surface area contributed by atoms with Gasteiger partial charge in [0.25, 0.3) is 11.8 Å². The average molecular weight is 615 g/mol. The fourth-order valence-electron chi connectivity index (χ4n) is 7.12. The Kier molecular flexibility index (Phi) is 8.52. The van der Waals surface area contributed by atoms with Crippen LogP contribution in [0.15, 0.2) is 42.5 Å². The topological polar surface area (TPSA) is 116 Å². The number of nitrogens with one attached hydrogen (secondary N) is 1. The second-order valence-electron chi connectivity index (χ2n) is 13.8. The van der Waals surface area contributed by atoms with Gasteiger partial charge in [-0.3, -0.25) is 34.3 Å². The largest absolute Gasteiger partial charge is 0.456 e. The smallest absolute Gasteiger partial charge is 0.338 e. The summed E-state index contributed by atoms with van der Waals surface area (Å²) in [7, 11) is 0. The Morgan fingerprint density at radius 3 is 2.16 bits per heavy atom. The molecule has 0 spiro atoms. The SMILES string of the molecule is CC(C)(C)OC(=O)c1ccc(C2CCC(CN3CCN(c4ccc5c(c4)C(=O)N(C4CCC(=O)NC4=O)C5=O)CC3)CC2)cc1. The van der Waals surface area contributed by atoms with Gasteiger partial charge in [-0.2, -0.15) is 0 Å². The van der Waals surface area contributed by atoms with E-state index in [9.17, 15) is 24.0 Å². The fraction of sp³-hybridized carbons (Fsp3) is 0.514. The van der Waals surface area contributed by atoms with Gasteiger partial charge in [0.2, 0.25) is 11.8 Å². The summed E-state index contributed by atoms with van der Waals surface area (Å²) < 4.78 is 5.49. The lowest BCUT2D eigenvalue weighted by Gasteiger charge is -2.39. The van der Waals surface area contributed by atoms with Gasteiger partial charge in [0.05, 0.1) is 16.7 Å². The lowest BCUT2D eigenvalue weighted by atomic mass is 9.78. The molecule has 238 valence electrons. The molecule has 1 unspecified atom stereocenters. The van der Waals surface area contributed by atoms with E-state index < -0.39 is 29.4 Å². The van der Waals surface area contributed by atoms with E-state index in [4.69, 9.17) is 4.74 Å². The van der Waals surface area contributed by atoms with Crippen molar-refractivity contribution in [3.05, 3.63) is 64.7 Å². The first kappa shape index (κ1) is 31.0. The highest BCUT2D eigenvalue weighted by atomic mass is 16.6. The fourth-order valence-corrected chi connectivity index (χ4v) is 7.12. The number of piperazine rings is 1. The molecule has 2 aromatic carbocycles. The first-order valence-electron chi connectivity index (χ1n) is 16.1. The molecule has 0 radical (unpaired) electrons. The minimum Gasteiger partial charge on any atom is -0.456 e. The number of fused-ring (bicyclic) bond motifs is 1. The van der Waals surface area contributed by atoms with E-state index in [1.165, 1.54) is 18.4 Å². The number of amides is 4. The molecule has 1 atom stereocenters. The van der Waals surface area contributed by atoms with Crippen LogP contribution >= 0.6 is 0 Å². The molecule has 2 saturated heterocycles. The highest BCUT2D eigenvalue weighted by Crippen LogP contribution is 2.37. The minimum atomic E-state index is -0.957. The number of benzene rings is 2. The van der Waals surface area contributed by atoms with Crippen molar-refractivity contribution >= 4 is 35.3 Å². The third kappa shape index (κ3) is 6.66. The summed E-state index contributed by atoms with van der Waals surface area (Å²) in [6.07, 6.45) is 4.91. The van der Waals surface area contributed by atoms with Crippen molar-refractivity contribution in [2.75, 3.05) is 37.6 Å². The molecule has 6 rings (SSSR count). The van der Waals surface area contributed by atoms with Gasteiger partial charge in [-0.05, 0) is 101 Å². The molecule has 1 N–H and O–H groups in total. The summed E-state index contributed by atoms with van der Waals surface area (Å²) in [6, 6.07) is 12.3. The number of imide groups is 2. The maximum atomic E-state index is 13.2. The van der Waals surface area contributed by atoms with E-state index >= 15 is 0 Å². The van der Waals surface area contributed by atoms with Crippen molar-refractivity contribution in [2.24, 2.45) is 5.92 Å². The zero-order valence-corrected chi connectivity index (χ0v) is 26.3. The zero-order chi connectivity index (χ0) is 31.9. The number of ether oxygens (including phenoxy) is 1. The van der Waals surface area contributed by atoms with Gasteiger partial charge < -0.3 is 9.64 Å². The van der Waals surface area contributed by atoms with E-state index in [-0.39, 0.29) is 24.7 Å². The molecule has 4 aliphatic rings. The molecule has 10 heteroatoms. The molecule has 2 aromatic rings. The second kappa shape index (κ2) is 12.4. The lowest BCUT2D eigenvalue weighted by molar-refractivity contribution is -0.136. The summed E-state index contributed by atoms with van der Waals surface area (Å²) >= 11 is 0. The molecule has 4 amide bonds. The van der Waals surface area contributed by atoms with E-state index in [0.717, 1.165) is 56.2 Å². The van der Waals surface area contributed by atoms with Gasteiger partial charge in [0.1, 0.15) is 11.6 Å². The molecular formula is C35H42N4O6. The van der Waals surface area contributed by atoms with Crippen LogP contribution in [0.2, 0.25) is 0 Å². The monoisotopic (exact) mass is 614 g/mol. The van der Waals surface area contributed by atoms with E-state index in [1.807, 2.05) is 39.0 Å². The van der Waals surface area contributed by atoms with Crippen molar-refractivity contribution in [3.63, 3.8) is 0 Å². The highest BCUT2D eigenvalue weighted by Gasteiger charge is 2.44. The van der Waals surface area contributed by atoms with Gasteiger partial charge in [-0.25, -0.2) is 4.79 Å². The number of hydrogen-bond donors (Lipinski definition) is 1. The maximum Gasteiger partial charge on any atom is 0.338 e. The third-order valence-electron chi connectivity index (χ3n) is 9.54. The molecule has 1 aliphatic carbocycles. The van der Waals surface area contributed by atoms with Crippen LogP contribution in [-0.2, 0) is 14.3 Å². The number of carbonyl (C=O) groups excluding carboxylic acids is 5. The van der Waals surface area contributed by atoms with Gasteiger partial charge in [-0.15, -0.1) is 0 Å². The Morgan fingerprint density at radius 2 is 1.51 bits per heavy atom. The van der Waals surface area contributed by atoms with Crippen LogP contribution in [-0.4, -0.2) is 83.8 Å². The standard InChI is InChI=1S/C35H42N4O6/c1-35(2,3)45-34(44)25-10-8-24(9-11-25)23-6-4-22(5-7-23)21-37-16-18-38(19-17-37)26-12-13-27-28(20-26)33(43)39(32(27)42)29-14-15-30(40)36-31(29)41/h8-13,20,22-23,29H,4-7,14-19,21H2,1-3H3,(H,36,40,41). The van der Waals surface area contributed by atoms with Crippen LogP contribution in [0.4, 0.5) is 5.69 Å². The second-order valence-corrected chi connectivity index (χ2v) is 13.8. The van der Waals surface area contributed by atoms with Crippen LogP contribution < -0.4 is 10.2 Å². The molecule has 45 heavy (non-hydrogen) atoms. The number of nitrogens with zero attached hydrogens (tertiary/aromatic N) is 3. The number of anilines is 1. The number of carbonyl (C=O) groups is 5. The molecule has 1 saturated carbocycles. The number of piperidine rings is 1. The first-order chi connectivity index (χ1) is 21.5.